The molecule has 21 heavy (non-hydrogen) atoms. The number of ether oxygens (including phenoxy) is 1. The van der Waals surface area contributed by atoms with E-state index in [1.807, 2.05) is 6.07 Å². The Morgan fingerprint density at radius 1 is 1.48 bits per heavy atom. The number of nitriles is 1. The van der Waals surface area contributed by atoms with Crippen LogP contribution in [-0.4, -0.2) is 18.0 Å². The second kappa shape index (κ2) is 6.64. The number of hydrogen-bond acceptors (Lipinski definition) is 3. The molecular formula is C15H12ClN3O2. The first kappa shape index (κ1) is 14.7. The minimum absolute atomic E-state index is 0.0283. The molecule has 0 atom stereocenters. The molecule has 1 amide bonds. The summed E-state index contributed by atoms with van der Waals surface area (Å²) in [6, 6.07) is 10.2. The van der Waals surface area contributed by atoms with Crippen LogP contribution in [0.1, 0.15) is 5.69 Å². The van der Waals surface area contributed by atoms with Crippen LogP contribution in [0.5, 0.6) is 5.75 Å². The predicted molar refractivity (Wildman–Crippen MR) is 81.0 cm³/mol. The molecule has 2 N–H and O–H groups in total. The molecule has 1 heterocycles. The fourth-order valence-corrected chi connectivity index (χ4v) is 1.88. The van der Waals surface area contributed by atoms with Gasteiger partial charge in [0.05, 0.1) is 12.8 Å². The van der Waals surface area contributed by atoms with Gasteiger partial charge in [-0.15, -0.1) is 0 Å². The second-order valence-corrected chi connectivity index (χ2v) is 4.53. The van der Waals surface area contributed by atoms with Crippen LogP contribution in [0.3, 0.4) is 0 Å². The molecule has 0 aliphatic heterocycles. The van der Waals surface area contributed by atoms with E-state index in [1.165, 1.54) is 13.2 Å². The van der Waals surface area contributed by atoms with Crippen LogP contribution in [0.25, 0.3) is 6.08 Å². The summed E-state index contributed by atoms with van der Waals surface area (Å²) in [4.78, 5) is 15.0. The van der Waals surface area contributed by atoms with Gasteiger partial charge in [0, 0.05) is 16.9 Å². The molecule has 0 saturated heterocycles. The number of rotatable bonds is 4. The number of carbonyl (C=O) groups excluding carboxylic acids is 1. The monoisotopic (exact) mass is 301 g/mol. The van der Waals surface area contributed by atoms with Crippen LogP contribution in [0.15, 0.2) is 42.1 Å². The molecule has 0 saturated carbocycles. The van der Waals surface area contributed by atoms with E-state index in [9.17, 15) is 4.79 Å². The van der Waals surface area contributed by atoms with Gasteiger partial charge in [-0.3, -0.25) is 4.79 Å². The van der Waals surface area contributed by atoms with E-state index in [2.05, 4.69) is 10.3 Å². The van der Waals surface area contributed by atoms with Crippen LogP contribution < -0.4 is 10.1 Å². The summed E-state index contributed by atoms with van der Waals surface area (Å²) in [7, 11) is 1.48. The van der Waals surface area contributed by atoms with Crippen LogP contribution in [0, 0.1) is 11.3 Å². The smallest absolute Gasteiger partial charge is 0.266 e. The van der Waals surface area contributed by atoms with E-state index in [0.29, 0.717) is 22.2 Å². The highest BCUT2D eigenvalue weighted by atomic mass is 35.5. The number of aromatic nitrogens is 1. The molecule has 0 fully saturated rings. The van der Waals surface area contributed by atoms with Gasteiger partial charge in [0.1, 0.15) is 17.4 Å². The van der Waals surface area contributed by atoms with Crippen molar-refractivity contribution < 1.29 is 9.53 Å². The number of H-pyrrole nitrogens is 1. The van der Waals surface area contributed by atoms with E-state index < -0.39 is 5.91 Å². The van der Waals surface area contributed by atoms with Crippen LogP contribution in [-0.2, 0) is 4.79 Å². The zero-order chi connectivity index (χ0) is 15.2. The molecular weight excluding hydrogens is 290 g/mol. The molecule has 106 valence electrons. The van der Waals surface area contributed by atoms with E-state index in [-0.39, 0.29) is 5.57 Å². The van der Waals surface area contributed by atoms with E-state index in [1.54, 1.807) is 36.5 Å². The summed E-state index contributed by atoms with van der Waals surface area (Å²) < 4.78 is 5.14. The van der Waals surface area contributed by atoms with Crippen molar-refractivity contribution in [2.45, 2.75) is 0 Å². The molecule has 0 aliphatic carbocycles. The van der Waals surface area contributed by atoms with Gasteiger partial charge < -0.3 is 15.0 Å². The zero-order valence-electron chi connectivity index (χ0n) is 11.2. The molecule has 0 aliphatic rings. The summed E-state index contributed by atoms with van der Waals surface area (Å²) in [5.74, 6) is -0.0717. The third kappa shape index (κ3) is 3.65. The molecule has 0 unspecified atom stereocenters. The van der Waals surface area contributed by atoms with Crippen molar-refractivity contribution in [2.75, 3.05) is 12.4 Å². The minimum atomic E-state index is -0.535. The Morgan fingerprint density at radius 3 is 2.90 bits per heavy atom. The highest BCUT2D eigenvalue weighted by Crippen LogP contribution is 2.28. The SMILES string of the molecule is COc1ccc(Cl)cc1NC(=O)C(C#N)=Cc1ccc[nH]1. The van der Waals surface area contributed by atoms with Crippen LogP contribution in [0.4, 0.5) is 5.69 Å². The number of nitrogens with zero attached hydrogens (tertiary/aromatic N) is 1. The minimum Gasteiger partial charge on any atom is -0.495 e. The Balaban J connectivity index is 2.25. The number of aromatic amines is 1. The lowest BCUT2D eigenvalue weighted by molar-refractivity contribution is -0.112. The number of amides is 1. The van der Waals surface area contributed by atoms with Crippen molar-refractivity contribution in [3.63, 3.8) is 0 Å². The van der Waals surface area contributed by atoms with Gasteiger partial charge in [0.15, 0.2) is 0 Å². The lowest BCUT2D eigenvalue weighted by atomic mass is 10.2. The largest absolute Gasteiger partial charge is 0.495 e. The molecule has 2 rings (SSSR count). The average molecular weight is 302 g/mol. The molecule has 2 aromatic rings. The summed E-state index contributed by atoms with van der Waals surface area (Å²) in [6.45, 7) is 0. The Labute approximate surface area is 126 Å². The standard InChI is InChI=1S/C15H12ClN3O2/c1-21-14-5-4-11(16)8-13(14)19-15(20)10(9-17)7-12-3-2-6-18-12/h2-8,18H,1H3,(H,19,20). The van der Waals surface area contributed by atoms with Gasteiger partial charge in [-0.25, -0.2) is 0 Å². The van der Waals surface area contributed by atoms with Gasteiger partial charge in [-0.1, -0.05) is 11.6 Å². The Bertz CT molecular complexity index is 715. The normalized spacial score (nSPS) is 10.8. The molecule has 0 spiro atoms. The number of hydrogen-bond donors (Lipinski definition) is 2. The summed E-state index contributed by atoms with van der Waals surface area (Å²) in [5.41, 5.74) is 1.04. The zero-order valence-corrected chi connectivity index (χ0v) is 11.9. The van der Waals surface area contributed by atoms with Gasteiger partial charge in [-0.2, -0.15) is 5.26 Å². The number of benzene rings is 1. The molecule has 5 nitrogen and oxygen atoms in total. The van der Waals surface area contributed by atoms with E-state index in [4.69, 9.17) is 21.6 Å². The Kier molecular flexibility index (Phi) is 4.64. The number of methoxy groups -OCH3 is 1. The Morgan fingerprint density at radius 2 is 2.29 bits per heavy atom. The maximum atomic E-state index is 12.1. The van der Waals surface area contributed by atoms with Crippen molar-refractivity contribution in [3.05, 3.63) is 52.8 Å². The summed E-state index contributed by atoms with van der Waals surface area (Å²) in [6.07, 6.45) is 3.17. The number of carbonyl (C=O) groups is 1. The summed E-state index contributed by atoms with van der Waals surface area (Å²) >= 11 is 5.89. The lowest BCUT2D eigenvalue weighted by Crippen LogP contribution is -2.14. The molecule has 6 heteroatoms. The van der Waals surface area contributed by atoms with Gasteiger partial charge in [0.2, 0.25) is 0 Å². The second-order valence-electron chi connectivity index (χ2n) is 4.09. The fourth-order valence-electron chi connectivity index (χ4n) is 1.71. The number of anilines is 1. The number of halogens is 1. The van der Waals surface area contributed by atoms with E-state index in [0.717, 1.165) is 0 Å². The van der Waals surface area contributed by atoms with Crippen molar-refractivity contribution in [3.8, 4) is 11.8 Å². The summed E-state index contributed by atoms with van der Waals surface area (Å²) in [5, 5.41) is 12.2. The first-order valence-electron chi connectivity index (χ1n) is 6.04. The third-order valence-electron chi connectivity index (χ3n) is 2.70. The van der Waals surface area contributed by atoms with Crippen molar-refractivity contribution >= 4 is 29.3 Å². The maximum Gasteiger partial charge on any atom is 0.266 e. The topological polar surface area (TPSA) is 77.9 Å². The van der Waals surface area contributed by atoms with E-state index >= 15 is 0 Å². The first-order valence-corrected chi connectivity index (χ1v) is 6.42. The first-order chi connectivity index (χ1) is 10.1. The Hall–Kier alpha value is -2.71. The van der Waals surface area contributed by atoms with Crippen molar-refractivity contribution in [1.29, 1.82) is 5.26 Å². The maximum absolute atomic E-state index is 12.1. The molecule has 0 radical (unpaired) electrons. The van der Waals surface area contributed by atoms with Crippen LogP contribution >= 0.6 is 11.6 Å². The van der Waals surface area contributed by atoms with Crippen LogP contribution in [0.2, 0.25) is 5.02 Å². The quantitative estimate of drug-likeness (QED) is 0.672. The fraction of sp³-hybridized carbons (Fsp3) is 0.0667. The third-order valence-corrected chi connectivity index (χ3v) is 2.93. The van der Waals surface area contributed by atoms with Crippen molar-refractivity contribution in [1.82, 2.24) is 4.98 Å². The molecule has 0 bridgehead atoms. The van der Waals surface area contributed by atoms with Gasteiger partial charge in [-0.05, 0) is 36.4 Å². The van der Waals surface area contributed by atoms with Gasteiger partial charge in [0.25, 0.3) is 5.91 Å². The molecule has 1 aromatic heterocycles. The number of nitrogens with one attached hydrogen (secondary N) is 2. The average Bonchev–Trinajstić information content (AvgIpc) is 2.98. The lowest BCUT2D eigenvalue weighted by Gasteiger charge is -2.10. The molecule has 1 aromatic carbocycles. The highest BCUT2D eigenvalue weighted by Gasteiger charge is 2.13. The van der Waals surface area contributed by atoms with Crippen molar-refractivity contribution in [2.24, 2.45) is 0 Å². The van der Waals surface area contributed by atoms with Gasteiger partial charge >= 0.3 is 0 Å². The predicted octanol–water partition coefficient (Wildman–Crippen LogP) is 3.22. The highest BCUT2D eigenvalue weighted by molar-refractivity contribution is 6.31.